The summed E-state index contributed by atoms with van der Waals surface area (Å²) in [5.41, 5.74) is 0. The van der Waals surface area contributed by atoms with E-state index >= 15 is 0 Å². The van der Waals surface area contributed by atoms with Crippen LogP contribution in [0.25, 0.3) is 0 Å². The van der Waals surface area contributed by atoms with Gasteiger partial charge in [0.1, 0.15) is 0 Å². The van der Waals surface area contributed by atoms with Gasteiger partial charge < -0.3 is 18.9 Å². The molecule has 0 rings (SSSR count). The second-order valence-corrected chi connectivity index (χ2v) is 3.71. The summed E-state index contributed by atoms with van der Waals surface area (Å²) in [6.45, 7) is 7.73. The van der Waals surface area contributed by atoms with Crippen LogP contribution < -0.4 is 0 Å². The number of hydrogen-bond donors (Lipinski definition) is 0. The topological polar surface area (TPSA) is 36.9 Å². The van der Waals surface area contributed by atoms with Gasteiger partial charge in [-0.15, -0.1) is 0 Å². The first-order valence-electron chi connectivity index (χ1n) is 6.40. The fraction of sp³-hybridized carbons (Fsp3) is 0.846. The molecule has 0 fully saturated rings. The second kappa shape index (κ2) is 11.6. The normalized spacial score (nSPS) is 12.0. The molecule has 4 nitrogen and oxygen atoms in total. The van der Waals surface area contributed by atoms with E-state index in [4.69, 9.17) is 18.9 Å². The van der Waals surface area contributed by atoms with Crippen molar-refractivity contribution in [2.45, 2.75) is 46.5 Å². The Labute approximate surface area is 105 Å². The predicted octanol–water partition coefficient (Wildman–Crippen LogP) is 3.43. The van der Waals surface area contributed by atoms with Crippen LogP contribution in [-0.4, -0.2) is 27.1 Å². The minimum Gasteiger partial charge on any atom is -0.491 e. The molecule has 0 radical (unpaired) electrons. The van der Waals surface area contributed by atoms with Gasteiger partial charge in [0, 0.05) is 13.5 Å². The van der Waals surface area contributed by atoms with Crippen molar-refractivity contribution in [3.8, 4) is 0 Å². The van der Waals surface area contributed by atoms with Gasteiger partial charge in [0.2, 0.25) is 0 Å². The van der Waals surface area contributed by atoms with Crippen molar-refractivity contribution in [3.63, 3.8) is 0 Å². The van der Waals surface area contributed by atoms with Gasteiger partial charge >= 0.3 is 5.95 Å². The summed E-state index contributed by atoms with van der Waals surface area (Å²) in [6.07, 6.45) is 3.72. The molecule has 0 atom stereocenters. The van der Waals surface area contributed by atoms with Crippen molar-refractivity contribution in [3.05, 3.63) is 11.7 Å². The zero-order valence-corrected chi connectivity index (χ0v) is 11.6. The highest BCUT2D eigenvalue weighted by Crippen LogP contribution is 2.16. The Balaban J connectivity index is 4.53. The third kappa shape index (κ3) is 7.91. The lowest BCUT2D eigenvalue weighted by Crippen LogP contribution is -2.08. The minimum absolute atomic E-state index is 0.182. The molecule has 102 valence electrons. The molecule has 0 bridgehead atoms. The average Bonchev–Trinajstić information content (AvgIpc) is 2.35. The third-order valence-electron chi connectivity index (χ3n) is 1.93. The van der Waals surface area contributed by atoms with Crippen LogP contribution >= 0.6 is 0 Å². The van der Waals surface area contributed by atoms with Gasteiger partial charge in [-0.2, -0.15) is 0 Å². The standard InChI is InChI=1S/C13H26O4/c1-5-8-12(15-9-6-2)13(16-10-7-3)17-11-14-4/h5-11H2,1-4H3/b13-12-. The van der Waals surface area contributed by atoms with Crippen molar-refractivity contribution >= 4 is 0 Å². The van der Waals surface area contributed by atoms with Crippen molar-refractivity contribution in [1.29, 1.82) is 0 Å². The highest BCUT2D eigenvalue weighted by molar-refractivity contribution is 4.95. The highest BCUT2D eigenvalue weighted by Gasteiger charge is 2.11. The maximum atomic E-state index is 5.66. The smallest absolute Gasteiger partial charge is 0.321 e. The summed E-state index contributed by atoms with van der Waals surface area (Å²) in [4.78, 5) is 0. The van der Waals surface area contributed by atoms with E-state index < -0.39 is 0 Å². The molecule has 0 aromatic heterocycles. The molecular formula is C13H26O4. The second-order valence-electron chi connectivity index (χ2n) is 3.71. The zero-order chi connectivity index (χ0) is 12.9. The quantitative estimate of drug-likeness (QED) is 0.413. The Morgan fingerprint density at radius 3 is 2.00 bits per heavy atom. The molecule has 0 aliphatic rings. The zero-order valence-electron chi connectivity index (χ0n) is 11.6. The van der Waals surface area contributed by atoms with Gasteiger partial charge in [-0.05, 0) is 19.3 Å². The number of hydrogen-bond acceptors (Lipinski definition) is 4. The van der Waals surface area contributed by atoms with E-state index in [1.54, 1.807) is 7.11 Å². The molecule has 4 heteroatoms. The molecule has 0 N–H and O–H groups in total. The van der Waals surface area contributed by atoms with Gasteiger partial charge in [0.15, 0.2) is 12.6 Å². The molecule has 0 spiro atoms. The maximum Gasteiger partial charge on any atom is 0.321 e. The fourth-order valence-corrected chi connectivity index (χ4v) is 1.20. The lowest BCUT2D eigenvalue weighted by molar-refractivity contribution is -0.0685. The van der Waals surface area contributed by atoms with E-state index in [1.807, 2.05) is 0 Å². The van der Waals surface area contributed by atoms with Crippen LogP contribution in [-0.2, 0) is 18.9 Å². The largest absolute Gasteiger partial charge is 0.491 e. The lowest BCUT2D eigenvalue weighted by atomic mass is 10.3. The third-order valence-corrected chi connectivity index (χ3v) is 1.93. The first kappa shape index (κ1) is 16.1. The molecule has 0 aliphatic carbocycles. The molecule has 0 unspecified atom stereocenters. The van der Waals surface area contributed by atoms with Crippen LogP contribution in [0.4, 0.5) is 0 Å². The van der Waals surface area contributed by atoms with Crippen LogP contribution in [0.5, 0.6) is 0 Å². The monoisotopic (exact) mass is 246 g/mol. The van der Waals surface area contributed by atoms with Crippen LogP contribution in [0, 0.1) is 0 Å². The van der Waals surface area contributed by atoms with E-state index in [9.17, 15) is 0 Å². The van der Waals surface area contributed by atoms with Crippen LogP contribution in [0.1, 0.15) is 46.5 Å². The van der Waals surface area contributed by atoms with E-state index in [0.717, 1.165) is 31.4 Å². The van der Waals surface area contributed by atoms with Crippen LogP contribution in [0.15, 0.2) is 11.7 Å². The van der Waals surface area contributed by atoms with Gasteiger partial charge in [-0.3, -0.25) is 0 Å². The molecule has 17 heavy (non-hydrogen) atoms. The Hall–Kier alpha value is -0.900. The Kier molecular flexibility index (Phi) is 11.0. The van der Waals surface area contributed by atoms with E-state index in [0.29, 0.717) is 19.2 Å². The maximum absolute atomic E-state index is 5.66. The molecule has 0 aliphatic heterocycles. The van der Waals surface area contributed by atoms with Crippen molar-refractivity contribution < 1.29 is 18.9 Å². The van der Waals surface area contributed by atoms with Crippen LogP contribution in [0.3, 0.4) is 0 Å². The van der Waals surface area contributed by atoms with E-state index in [1.165, 1.54) is 0 Å². The summed E-state index contributed by atoms with van der Waals surface area (Å²) in [6, 6.07) is 0. The number of rotatable bonds is 11. The molecule has 0 heterocycles. The Morgan fingerprint density at radius 2 is 1.47 bits per heavy atom. The van der Waals surface area contributed by atoms with Gasteiger partial charge in [0.05, 0.1) is 13.2 Å². The van der Waals surface area contributed by atoms with Gasteiger partial charge in [-0.25, -0.2) is 0 Å². The summed E-state index contributed by atoms with van der Waals surface area (Å²) in [5, 5.41) is 0. The minimum atomic E-state index is 0.182. The predicted molar refractivity (Wildman–Crippen MR) is 67.4 cm³/mol. The van der Waals surface area contributed by atoms with Crippen molar-refractivity contribution in [2.24, 2.45) is 0 Å². The number of ether oxygens (including phenoxy) is 4. The Bertz CT molecular complexity index is 192. The summed E-state index contributed by atoms with van der Waals surface area (Å²) in [5.74, 6) is 1.27. The SMILES string of the molecule is CCCO/C(CCC)=C(/OCCC)OCOC. The molecule has 0 amide bonds. The van der Waals surface area contributed by atoms with Crippen molar-refractivity contribution in [2.75, 3.05) is 27.1 Å². The van der Waals surface area contributed by atoms with Crippen LogP contribution in [0.2, 0.25) is 0 Å². The highest BCUT2D eigenvalue weighted by atomic mass is 16.7. The number of methoxy groups -OCH3 is 1. The van der Waals surface area contributed by atoms with E-state index in [2.05, 4.69) is 20.8 Å². The molecule has 0 aromatic carbocycles. The number of allylic oxidation sites excluding steroid dienone is 1. The fourth-order valence-electron chi connectivity index (χ4n) is 1.20. The molecular weight excluding hydrogens is 220 g/mol. The average molecular weight is 246 g/mol. The first-order chi connectivity index (χ1) is 8.29. The summed E-state index contributed by atoms with van der Waals surface area (Å²) in [7, 11) is 1.59. The Morgan fingerprint density at radius 1 is 0.824 bits per heavy atom. The first-order valence-corrected chi connectivity index (χ1v) is 6.40. The molecule has 0 aromatic rings. The van der Waals surface area contributed by atoms with E-state index in [-0.39, 0.29) is 6.79 Å². The lowest BCUT2D eigenvalue weighted by Gasteiger charge is -2.16. The summed E-state index contributed by atoms with van der Waals surface area (Å²) < 4.78 is 21.5. The molecule has 0 saturated carbocycles. The van der Waals surface area contributed by atoms with Gasteiger partial charge in [-0.1, -0.05) is 20.8 Å². The van der Waals surface area contributed by atoms with Crippen molar-refractivity contribution in [1.82, 2.24) is 0 Å². The van der Waals surface area contributed by atoms with Gasteiger partial charge in [0.25, 0.3) is 0 Å². The summed E-state index contributed by atoms with van der Waals surface area (Å²) >= 11 is 0. The molecule has 0 saturated heterocycles.